The average Bonchev–Trinajstić information content (AvgIpc) is 2.75. The average molecular weight is 254 g/mol. The van der Waals surface area contributed by atoms with Gasteiger partial charge in [0.2, 0.25) is 0 Å². The van der Waals surface area contributed by atoms with Crippen molar-refractivity contribution < 1.29 is 22.4 Å². The van der Waals surface area contributed by atoms with E-state index in [-0.39, 0.29) is 18.5 Å². The number of nitrogens with zero attached hydrogens (tertiary/aromatic N) is 1. The number of piperidine rings is 1. The molecule has 0 aromatic rings. The van der Waals surface area contributed by atoms with E-state index in [1.165, 1.54) is 0 Å². The Morgan fingerprint density at radius 2 is 2.06 bits per heavy atom. The van der Waals surface area contributed by atoms with Crippen LogP contribution < -0.4 is 5.32 Å². The molecule has 0 aliphatic carbocycles. The first-order chi connectivity index (χ1) is 7.94. The molecule has 1 N–H and O–H groups in total. The second kappa shape index (κ2) is 4.44. The van der Waals surface area contributed by atoms with Crippen LogP contribution in [0.4, 0.5) is 17.6 Å². The van der Waals surface area contributed by atoms with Crippen molar-refractivity contribution in [3.8, 4) is 0 Å². The van der Waals surface area contributed by atoms with Gasteiger partial charge in [0, 0.05) is 25.7 Å². The quantitative estimate of drug-likeness (QED) is 0.748. The van der Waals surface area contributed by atoms with Gasteiger partial charge in [0.15, 0.2) is 0 Å². The first kappa shape index (κ1) is 12.6. The van der Waals surface area contributed by atoms with E-state index >= 15 is 0 Å². The van der Waals surface area contributed by atoms with Crippen LogP contribution in [0.15, 0.2) is 0 Å². The molecule has 1 amide bonds. The number of carbonyl (C=O) groups is 1. The summed E-state index contributed by atoms with van der Waals surface area (Å²) in [4.78, 5) is 12.4. The lowest BCUT2D eigenvalue weighted by Gasteiger charge is -2.38. The lowest BCUT2D eigenvalue weighted by molar-refractivity contribution is -0.184. The summed E-state index contributed by atoms with van der Waals surface area (Å²) in [7, 11) is 0. The molecule has 0 bridgehead atoms. The molecule has 0 aromatic carbocycles. The smallest absolute Gasteiger partial charge is 0.333 e. The van der Waals surface area contributed by atoms with Crippen LogP contribution in [-0.2, 0) is 4.79 Å². The molecule has 0 spiro atoms. The molecule has 2 aliphatic rings. The summed E-state index contributed by atoms with van der Waals surface area (Å²) in [6, 6.07) is -0.360. The molecule has 2 saturated heterocycles. The molecule has 2 unspecified atom stereocenters. The highest BCUT2D eigenvalue weighted by molar-refractivity contribution is 5.84. The Balaban J connectivity index is 2.13. The molecule has 2 heterocycles. The fourth-order valence-electron chi connectivity index (χ4n) is 2.61. The molecule has 2 aliphatic heterocycles. The Bertz CT molecular complexity index is 311. The van der Waals surface area contributed by atoms with Gasteiger partial charge in [-0.3, -0.25) is 4.79 Å². The van der Waals surface area contributed by atoms with Gasteiger partial charge in [-0.2, -0.15) is 8.78 Å². The number of amides is 1. The molecule has 3 nitrogen and oxygen atoms in total. The standard InChI is InChI=1S/C10H14F4N2O/c11-8(12)10(13,14)9(17)16-3-1-2-6-4-15-5-7(6)16/h6-8,15H,1-5H2. The molecule has 2 atom stereocenters. The predicted molar refractivity (Wildman–Crippen MR) is 52.0 cm³/mol. The van der Waals surface area contributed by atoms with Crippen molar-refractivity contribution in [2.45, 2.75) is 31.2 Å². The lowest BCUT2D eigenvalue weighted by Crippen LogP contribution is -2.55. The van der Waals surface area contributed by atoms with Crippen molar-refractivity contribution in [3.63, 3.8) is 0 Å². The first-order valence-corrected chi connectivity index (χ1v) is 5.62. The zero-order chi connectivity index (χ0) is 12.6. The maximum atomic E-state index is 13.0. The molecular formula is C10H14F4N2O. The van der Waals surface area contributed by atoms with E-state index in [1.54, 1.807) is 0 Å². The van der Waals surface area contributed by atoms with E-state index in [0.29, 0.717) is 19.5 Å². The number of rotatable bonds is 2. The number of carbonyl (C=O) groups excluding carboxylic acids is 1. The molecule has 17 heavy (non-hydrogen) atoms. The van der Waals surface area contributed by atoms with Crippen LogP contribution in [0.25, 0.3) is 0 Å². The van der Waals surface area contributed by atoms with Gasteiger partial charge in [-0.25, -0.2) is 8.78 Å². The van der Waals surface area contributed by atoms with Gasteiger partial charge < -0.3 is 10.2 Å². The van der Waals surface area contributed by atoms with E-state index in [1.807, 2.05) is 0 Å². The summed E-state index contributed by atoms with van der Waals surface area (Å²) in [6.07, 6.45) is -2.50. The van der Waals surface area contributed by atoms with Crippen molar-refractivity contribution in [1.82, 2.24) is 10.2 Å². The second-order valence-electron chi connectivity index (χ2n) is 4.55. The topological polar surface area (TPSA) is 32.3 Å². The van der Waals surface area contributed by atoms with Gasteiger partial charge >= 0.3 is 12.3 Å². The highest BCUT2D eigenvalue weighted by Crippen LogP contribution is 2.32. The van der Waals surface area contributed by atoms with E-state index in [0.717, 1.165) is 11.3 Å². The normalized spacial score (nSPS) is 29.6. The summed E-state index contributed by atoms with van der Waals surface area (Å²) in [5.41, 5.74) is 0. The third kappa shape index (κ3) is 2.12. The predicted octanol–water partition coefficient (Wildman–Crippen LogP) is 1.10. The van der Waals surface area contributed by atoms with E-state index in [4.69, 9.17) is 0 Å². The number of halogens is 4. The Morgan fingerprint density at radius 1 is 1.35 bits per heavy atom. The minimum absolute atomic E-state index is 0.112. The summed E-state index contributed by atoms with van der Waals surface area (Å²) >= 11 is 0. The Hall–Kier alpha value is -0.850. The molecule has 0 radical (unpaired) electrons. The molecular weight excluding hydrogens is 240 g/mol. The van der Waals surface area contributed by atoms with Crippen LogP contribution in [0.2, 0.25) is 0 Å². The molecule has 2 rings (SSSR count). The van der Waals surface area contributed by atoms with Crippen LogP contribution in [-0.4, -0.2) is 48.8 Å². The number of fused-ring (bicyclic) bond motifs is 1. The largest absolute Gasteiger partial charge is 0.383 e. The van der Waals surface area contributed by atoms with Crippen LogP contribution in [0.1, 0.15) is 12.8 Å². The Morgan fingerprint density at radius 3 is 2.71 bits per heavy atom. The van der Waals surface area contributed by atoms with Crippen molar-refractivity contribution in [1.29, 1.82) is 0 Å². The molecule has 2 fully saturated rings. The van der Waals surface area contributed by atoms with Gasteiger partial charge in [-0.05, 0) is 18.8 Å². The van der Waals surface area contributed by atoms with Crippen LogP contribution in [0.3, 0.4) is 0 Å². The second-order valence-corrected chi connectivity index (χ2v) is 4.55. The summed E-state index contributed by atoms with van der Waals surface area (Å²) in [6.45, 7) is 1.22. The first-order valence-electron chi connectivity index (χ1n) is 5.62. The molecule has 0 aromatic heterocycles. The maximum absolute atomic E-state index is 13.0. The van der Waals surface area contributed by atoms with Gasteiger partial charge in [-0.1, -0.05) is 0 Å². The Kier molecular flexibility index (Phi) is 3.29. The highest BCUT2D eigenvalue weighted by atomic mass is 19.3. The van der Waals surface area contributed by atoms with Crippen molar-refractivity contribution in [2.24, 2.45) is 5.92 Å². The van der Waals surface area contributed by atoms with E-state index in [2.05, 4.69) is 5.32 Å². The lowest BCUT2D eigenvalue weighted by atomic mass is 9.91. The molecule has 7 heteroatoms. The summed E-state index contributed by atoms with van der Waals surface area (Å²) < 4.78 is 50.3. The summed E-state index contributed by atoms with van der Waals surface area (Å²) in [5.74, 6) is -6.18. The number of hydrogen-bond acceptors (Lipinski definition) is 2. The number of alkyl halides is 4. The van der Waals surface area contributed by atoms with Crippen molar-refractivity contribution in [2.75, 3.05) is 19.6 Å². The van der Waals surface area contributed by atoms with Crippen LogP contribution in [0.5, 0.6) is 0 Å². The fraction of sp³-hybridized carbons (Fsp3) is 0.900. The van der Waals surface area contributed by atoms with Gasteiger partial charge in [0.1, 0.15) is 0 Å². The number of likely N-dealkylation sites (tertiary alicyclic amines) is 1. The third-order valence-corrected chi connectivity index (χ3v) is 3.50. The van der Waals surface area contributed by atoms with Crippen molar-refractivity contribution >= 4 is 5.91 Å². The molecule has 0 saturated carbocycles. The van der Waals surface area contributed by atoms with E-state index in [9.17, 15) is 22.4 Å². The summed E-state index contributed by atoms with van der Waals surface area (Å²) in [5, 5.41) is 3.00. The zero-order valence-electron chi connectivity index (χ0n) is 9.13. The fourth-order valence-corrected chi connectivity index (χ4v) is 2.61. The number of nitrogens with one attached hydrogen (secondary N) is 1. The number of hydrogen-bond donors (Lipinski definition) is 1. The SMILES string of the molecule is O=C(N1CCCC2CNCC21)C(F)(F)C(F)F. The maximum Gasteiger partial charge on any atom is 0.383 e. The third-order valence-electron chi connectivity index (χ3n) is 3.50. The van der Waals surface area contributed by atoms with Gasteiger partial charge in [-0.15, -0.1) is 0 Å². The molecule has 98 valence electrons. The minimum Gasteiger partial charge on any atom is -0.333 e. The van der Waals surface area contributed by atoms with Gasteiger partial charge in [0.25, 0.3) is 5.91 Å². The van der Waals surface area contributed by atoms with E-state index < -0.39 is 18.3 Å². The van der Waals surface area contributed by atoms with Crippen molar-refractivity contribution in [3.05, 3.63) is 0 Å². The zero-order valence-corrected chi connectivity index (χ0v) is 9.13. The monoisotopic (exact) mass is 254 g/mol. The van der Waals surface area contributed by atoms with Crippen LogP contribution in [0, 0.1) is 5.92 Å². The minimum atomic E-state index is -4.56. The van der Waals surface area contributed by atoms with Gasteiger partial charge in [0.05, 0.1) is 0 Å². The Labute approximate surface area is 96.1 Å². The highest BCUT2D eigenvalue weighted by Gasteiger charge is 2.53. The van der Waals surface area contributed by atoms with Crippen LogP contribution >= 0.6 is 0 Å².